The van der Waals surface area contributed by atoms with Crippen LogP contribution in [-0.2, 0) is 7.05 Å². The monoisotopic (exact) mass is 240 g/mol. The molecule has 1 heterocycles. The molecule has 1 aromatic heterocycles. The fourth-order valence-electron chi connectivity index (χ4n) is 2.03. The smallest absolute Gasteiger partial charge is 0.216 e. The molecule has 0 saturated carbocycles. The number of ether oxygens (including phenoxy) is 1. The molecule has 5 nitrogen and oxygen atoms in total. The third kappa shape index (κ3) is 2.98. The van der Waals surface area contributed by atoms with Gasteiger partial charge in [0.1, 0.15) is 0 Å². The van der Waals surface area contributed by atoms with Gasteiger partial charge >= 0.3 is 0 Å². The van der Waals surface area contributed by atoms with Crippen LogP contribution >= 0.6 is 0 Å². The predicted octanol–water partition coefficient (Wildman–Crippen LogP) is 1.13. The summed E-state index contributed by atoms with van der Waals surface area (Å²) in [6, 6.07) is 0.515. The van der Waals surface area contributed by atoms with Crippen LogP contribution < -0.4 is 15.8 Å². The lowest BCUT2D eigenvalue weighted by molar-refractivity contribution is 0.358. The first-order valence-electron chi connectivity index (χ1n) is 6.08. The number of nitrogens with one attached hydrogen (secondary N) is 1. The highest BCUT2D eigenvalue weighted by Crippen LogP contribution is 2.27. The summed E-state index contributed by atoms with van der Waals surface area (Å²) in [5, 5.41) is 7.88. The molecule has 17 heavy (non-hydrogen) atoms. The maximum atomic E-state index is 5.85. The molecule has 0 aromatic carbocycles. The van der Waals surface area contributed by atoms with Crippen molar-refractivity contribution in [3.63, 3.8) is 0 Å². The maximum absolute atomic E-state index is 5.85. The number of hydrogen-bond donors (Lipinski definition) is 2. The molecule has 0 fully saturated rings. The Labute approximate surface area is 103 Å². The molecule has 3 N–H and O–H groups in total. The number of methoxy groups -OCH3 is 1. The standard InChI is InChI=1S/C12H24N4O/c1-6-8(2)14-10(7-13)11-9(3)15-16(4)12(11)17-5/h8,10,14H,6-7,13H2,1-5H3. The van der Waals surface area contributed by atoms with Crippen LogP contribution in [0.2, 0.25) is 0 Å². The lowest BCUT2D eigenvalue weighted by Gasteiger charge is -2.22. The number of aromatic nitrogens is 2. The molecule has 0 amide bonds. The largest absolute Gasteiger partial charge is 0.481 e. The number of nitrogens with two attached hydrogens (primary N) is 1. The Morgan fingerprint density at radius 3 is 2.65 bits per heavy atom. The Morgan fingerprint density at radius 2 is 2.18 bits per heavy atom. The van der Waals surface area contributed by atoms with Crippen molar-refractivity contribution in [2.75, 3.05) is 13.7 Å². The zero-order chi connectivity index (χ0) is 13.0. The van der Waals surface area contributed by atoms with E-state index in [4.69, 9.17) is 10.5 Å². The molecule has 1 aromatic rings. The minimum absolute atomic E-state index is 0.0913. The zero-order valence-corrected chi connectivity index (χ0v) is 11.4. The van der Waals surface area contributed by atoms with Crippen molar-refractivity contribution < 1.29 is 4.74 Å². The van der Waals surface area contributed by atoms with Crippen molar-refractivity contribution in [2.24, 2.45) is 12.8 Å². The molecule has 98 valence electrons. The van der Waals surface area contributed by atoms with Crippen LogP contribution in [0.25, 0.3) is 0 Å². The van der Waals surface area contributed by atoms with E-state index in [9.17, 15) is 0 Å². The van der Waals surface area contributed by atoms with Crippen LogP contribution in [0.4, 0.5) is 0 Å². The Hall–Kier alpha value is -1.07. The molecule has 0 spiro atoms. The van der Waals surface area contributed by atoms with E-state index in [1.807, 2.05) is 14.0 Å². The highest BCUT2D eigenvalue weighted by atomic mass is 16.5. The van der Waals surface area contributed by atoms with Gasteiger partial charge < -0.3 is 15.8 Å². The quantitative estimate of drug-likeness (QED) is 0.782. The lowest BCUT2D eigenvalue weighted by atomic mass is 10.1. The van der Waals surface area contributed by atoms with Gasteiger partial charge in [-0.1, -0.05) is 6.92 Å². The summed E-state index contributed by atoms with van der Waals surface area (Å²) in [7, 11) is 3.54. The molecule has 0 radical (unpaired) electrons. The van der Waals surface area contributed by atoms with Crippen molar-refractivity contribution >= 4 is 0 Å². The second kappa shape index (κ2) is 6.02. The molecular formula is C12H24N4O. The highest BCUT2D eigenvalue weighted by Gasteiger charge is 2.22. The first-order valence-corrected chi connectivity index (χ1v) is 6.08. The Balaban J connectivity index is 3.02. The Kier molecular flexibility index (Phi) is 4.96. The fourth-order valence-corrected chi connectivity index (χ4v) is 2.03. The molecule has 2 atom stereocenters. The normalized spacial score (nSPS) is 14.7. The van der Waals surface area contributed by atoms with Gasteiger partial charge in [0.2, 0.25) is 5.88 Å². The van der Waals surface area contributed by atoms with Crippen molar-refractivity contribution in [2.45, 2.75) is 39.3 Å². The lowest BCUT2D eigenvalue weighted by Crippen LogP contribution is -2.35. The predicted molar refractivity (Wildman–Crippen MR) is 69.2 cm³/mol. The van der Waals surface area contributed by atoms with Gasteiger partial charge in [0.15, 0.2) is 0 Å². The maximum Gasteiger partial charge on any atom is 0.216 e. The average molecular weight is 240 g/mol. The number of rotatable bonds is 6. The molecule has 0 aliphatic rings. The topological polar surface area (TPSA) is 65.1 Å². The van der Waals surface area contributed by atoms with E-state index in [1.54, 1.807) is 11.8 Å². The second-order valence-corrected chi connectivity index (χ2v) is 4.40. The van der Waals surface area contributed by atoms with Gasteiger partial charge in [-0.15, -0.1) is 0 Å². The summed E-state index contributed by atoms with van der Waals surface area (Å²) in [5.74, 6) is 0.786. The number of aryl methyl sites for hydroxylation is 2. The van der Waals surface area contributed by atoms with Crippen LogP contribution in [0.15, 0.2) is 0 Å². The van der Waals surface area contributed by atoms with E-state index in [0.29, 0.717) is 12.6 Å². The summed E-state index contributed by atoms with van der Waals surface area (Å²) in [6.45, 7) is 6.82. The van der Waals surface area contributed by atoms with Crippen molar-refractivity contribution in [3.8, 4) is 5.88 Å². The molecular weight excluding hydrogens is 216 g/mol. The number of nitrogens with zero attached hydrogens (tertiary/aromatic N) is 2. The number of hydrogen-bond acceptors (Lipinski definition) is 4. The highest BCUT2D eigenvalue weighted by molar-refractivity contribution is 5.34. The first-order chi connectivity index (χ1) is 8.04. The summed E-state index contributed by atoms with van der Waals surface area (Å²) < 4.78 is 7.16. The Bertz CT molecular complexity index is 362. The molecule has 2 unspecified atom stereocenters. The van der Waals surface area contributed by atoms with E-state index >= 15 is 0 Å². The molecule has 0 aliphatic carbocycles. The van der Waals surface area contributed by atoms with Crippen molar-refractivity contribution in [3.05, 3.63) is 11.3 Å². The molecule has 0 bridgehead atoms. The van der Waals surface area contributed by atoms with Crippen LogP contribution in [0.1, 0.15) is 37.6 Å². The van der Waals surface area contributed by atoms with Crippen LogP contribution in [0.5, 0.6) is 5.88 Å². The van der Waals surface area contributed by atoms with Crippen LogP contribution in [0.3, 0.4) is 0 Å². The average Bonchev–Trinajstić information content (AvgIpc) is 2.60. The van der Waals surface area contributed by atoms with Gasteiger partial charge in [0.05, 0.1) is 24.4 Å². The van der Waals surface area contributed by atoms with Crippen molar-refractivity contribution in [1.29, 1.82) is 0 Å². The molecule has 0 aliphatic heterocycles. The van der Waals surface area contributed by atoms with Gasteiger partial charge in [0.25, 0.3) is 0 Å². The van der Waals surface area contributed by atoms with Crippen LogP contribution in [-0.4, -0.2) is 29.5 Å². The third-order valence-corrected chi connectivity index (χ3v) is 3.09. The van der Waals surface area contributed by atoms with E-state index in [-0.39, 0.29) is 6.04 Å². The van der Waals surface area contributed by atoms with Gasteiger partial charge in [-0.2, -0.15) is 5.10 Å². The summed E-state index contributed by atoms with van der Waals surface area (Å²) in [5.41, 5.74) is 7.89. The molecule has 1 rings (SSSR count). The second-order valence-electron chi connectivity index (χ2n) is 4.40. The van der Waals surface area contributed by atoms with Gasteiger partial charge in [-0.25, -0.2) is 4.68 Å². The SMILES string of the molecule is CCC(C)NC(CN)c1c(C)nn(C)c1OC. The van der Waals surface area contributed by atoms with Crippen molar-refractivity contribution in [1.82, 2.24) is 15.1 Å². The first kappa shape index (κ1) is 14.0. The van der Waals surface area contributed by atoms with E-state index < -0.39 is 0 Å². The fraction of sp³-hybridized carbons (Fsp3) is 0.750. The third-order valence-electron chi connectivity index (χ3n) is 3.09. The van der Waals surface area contributed by atoms with E-state index in [1.165, 1.54) is 0 Å². The van der Waals surface area contributed by atoms with Gasteiger partial charge in [0, 0.05) is 19.6 Å². The van der Waals surface area contributed by atoms with E-state index in [2.05, 4.69) is 24.3 Å². The summed E-state index contributed by atoms with van der Waals surface area (Å²) in [4.78, 5) is 0. The summed E-state index contributed by atoms with van der Waals surface area (Å²) in [6.07, 6.45) is 1.07. The van der Waals surface area contributed by atoms with Gasteiger partial charge in [-0.05, 0) is 20.3 Å². The van der Waals surface area contributed by atoms with Crippen LogP contribution in [0, 0.1) is 6.92 Å². The minimum atomic E-state index is 0.0913. The molecule has 0 saturated heterocycles. The van der Waals surface area contributed by atoms with E-state index in [0.717, 1.165) is 23.6 Å². The minimum Gasteiger partial charge on any atom is -0.481 e. The molecule has 5 heteroatoms. The zero-order valence-electron chi connectivity index (χ0n) is 11.4. The van der Waals surface area contributed by atoms with Gasteiger partial charge in [-0.3, -0.25) is 0 Å². The Morgan fingerprint density at radius 1 is 1.53 bits per heavy atom. The summed E-state index contributed by atoms with van der Waals surface area (Å²) >= 11 is 0.